The predicted molar refractivity (Wildman–Crippen MR) is 108 cm³/mol. The minimum Gasteiger partial charge on any atom is -0.369 e. The lowest BCUT2D eigenvalue weighted by atomic mass is 9.84. The summed E-state index contributed by atoms with van der Waals surface area (Å²) in [5.74, 6) is 1.79. The van der Waals surface area contributed by atoms with Gasteiger partial charge in [0, 0.05) is 25.2 Å². The summed E-state index contributed by atoms with van der Waals surface area (Å²) in [4.78, 5) is 23.5. The fourth-order valence-corrected chi connectivity index (χ4v) is 3.71. The third kappa shape index (κ3) is 3.34. The van der Waals surface area contributed by atoms with Crippen molar-refractivity contribution in [3.63, 3.8) is 0 Å². The number of fused-ring (bicyclic) bond motifs is 1. The van der Waals surface area contributed by atoms with Gasteiger partial charge in [0.15, 0.2) is 0 Å². The number of benzene rings is 1. The maximum Gasteiger partial charge on any atom is 0.250 e. The topological polar surface area (TPSA) is 108 Å². The summed E-state index contributed by atoms with van der Waals surface area (Å²) < 4.78 is 0. The number of carbonyl (C=O) groups excluding carboxylic acids is 1. The van der Waals surface area contributed by atoms with E-state index in [1.165, 1.54) is 0 Å². The molecule has 0 saturated carbocycles. The van der Waals surface area contributed by atoms with E-state index in [0.717, 1.165) is 23.0 Å². The average molecular weight is 367 g/mol. The van der Waals surface area contributed by atoms with Crippen molar-refractivity contribution in [1.82, 2.24) is 9.97 Å². The van der Waals surface area contributed by atoms with Crippen molar-refractivity contribution >= 4 is 34.9 Å². The molecule has 0 radical (unpaired) electrons. The smallest absolute Gasteiger partial charge is 0.250 e. The highest BCUT2D eigenvalue weighted by atomic mass is 16.2. The van der Waals surface area contributed by atoms with E-state index >= 15 is 0 Å². The highest BCUT2D eigenvalue weighted by Crippen LogP contribution is 2.37. The first-order valence-corrected chi connectivity index (χ1v) is 9.30. The van der Waals surface area contributed by atoms with Gasteiger partial charge in [0.2, 0.25) is 11.9 Å². The maximum absolute atomic E-state index is 12.8. The zero-order valence-corrected chi connectivity index (χ0v) is 15.6. The summed E-state index contributed by atoms with van der Waals surface area (Å²) in [5, 5.41) is 9.78. The Hall–Kier alpha value is -3.03. The van der Waals surface area contributed by atoms with Crippen LogP contribution in [0.25, 0.3) is 0 Å². The number of hydrogen-bond donors (Lipinski definition) is 4. The van der Waals surface area contributed by atoms with Crippen LogP contribution in [0.15, 0.2) is 30.3 Å². The van der Waals surface area contributed by atoms with Crippen molar-refractivity contribution in [1.29, 1.82) is 0 Å². The first-order valence-electron chi connectivity index (χ1n) is 9.30. The van der Waals surface area contributed by atoms with Crippen LogP contribution in [0.4, 0.5) is 29.0 Å². The van der Waals surface area contributed by atoms with Crippen LogP contribution in [0.3, 0.4) is 0 Å². The van der Waals surface area contributed by atoms with E-state index in [1.54, 1.807) is 0 Å². The molecule has 8 nitrogen and oxygen atoms in total. The molecule has 0 bridgehead atoms. The van der Waals surface area contributed by atoms with E-state index in [2.05, 4.69) is 30.8 Å². The van der Waals surface area contributed by atoms with E-state index in [-0.39, 0.29) is 17.9 Å². The Bertz CT molecular complexity index is 859. The first-order chi connectivity index (χ1) is 12.9. The van der Waals surface area contributed by atoms with Crippen LogP contribution in [0.1, 0.15) is 26.7 Å². The van der Waals surface area contributed by atoms with Gasteiger partial charge in [0.1, 0.15) is 17.2 Å². The van der Waals surface area contributed by atoms with Crippen LogP contribution in [-0.4, -0.2) is 40.5 Å². The van der Waals surface area contributed by atoms with E-state index in [4.69, 9.17) is 5.73 Å². The van der Waals surface area contributed by atoms with Crippen molar-refractivity contribution < 1.29 is 4.79 Å². The summed E-state index contributed by atoms with van der Waals surface area (Å²) in [7, 11) is 0. The van der Waals surface area contributed by atoms with Gasteiger partial charge in [0.25, 0.3) is 0 Å². The van der Waals surface area contributed by atoms with Gasteiger partial charge in [-0.15, -0.1) is 0 Å². The molecule has 2 aliphatic heterocycles. The third-order valence-corrected chi connectivity index (χ3v) is 5.09. The minimum atomic E-state index is -0.581. The quantitative estimate of drug-likeness (QED) is 0.659. The molecule has 8 heteroatoms. The predicted octanol–water partition coefficient (Wildman–Crippen LogP) is 2.28. The Morgan fingerprint density at radius 2 is 1.89 bits per heavy atom. The van der Waals surface area contributed by atoms with E-state index in [9.17, 15) is 4.79 Å². The molecule has 1 saturated heterocycles. The minimum absolute atomic E-state index is 0.0326. The highest BCUT2D eigenvalue weighted by Gasteiger charge is 2.44. The summed E-state index contributed by atoms with van der Waals surface area (Å²) in [6, 6.07) is 9.97. The normalized spacial score (nSPS) is 18.0. The van der Waals surface area contributed by atoms with Crippen molar-refractivity contribution in [2.24, 2.45) is 0 Å². The zero-order valence-electron chi connectivity index (χ0n) is 15.6. The molecule has 0 unspecified atom stereocenters. The molecule has 1 aromatic heterocycles. The molecule has 2 aromatic rings. The Morgan fingerprint density at radius 3 is 2.59 bits per heavy atom. The first kappa shape index (κ1) is 17.4. The molecule has 4 rings (SSSR count). The van der Waals surface area contributed by atoms with Gasteiger partial charge in [-0.05, 0) is 38.8 Å². The molecular formula is C19H25N7O. The maximum atomic E-state index is 12.8. The number of aromatic nitrogens is 2. The van der Waals surface area contributed by atoms with E-state index < -0.39 is 5.54 Å². The number of amides is 1. The second-order valence-electron chi connectivity index (χ2n) is 7.46. The second-order valence-corrected chi connectivity index (χ2v) is 7.46. The van der Waals surface area contributed by atoms with Crippen molar-refractivity contribution in [2.45, 2.75) is 38.3 Å². The fraction of sp³-hybridized carbons (Fsp3) is 0.421. The Labute approximate surface area is 158 Å². The standard InChI is InChI=1S/C19H25N7O/c1-12(2)21-15-11-16(24-18(20)23-15)26-9-7-19(8-10-26)17(27)22-13-5-3-4-6-14(13)25-19/h3-6,11-12,25H,7-10H2,1-2H3,(H,22,27)(H3,20,21,23,24). The third-order valence-electron chi connectivity index (χ3n) is 5.09. The Balaban J connectivity index is 1.51. The SMILES string of the molecule is CC(C)Nc1cc(N2CCC3(CC2)Nc2ccccc2NC3=O)nc(N)n1. The molecule has 1 spiro atoms. The van der Waals surface area contributed by atoms with Gasteiger partial charge >= 0.3 is 0 Å². The van der Waals surface area contributed by atoms with E-state index in [0.29, 0.717) is 25.9 Å². The molecule has 2 aliphatic rings. The van der Waals surface area contributed by atoms with Crippen molar-refractivity contribution in [3.05, 3.63) is 30.3 Å². The summed E-state index contributed by atoms with van der Waals surface area (Å²) in [6.45, 7) is 5.52. The van der Waals surface area contributed by atoms with E-state index in [1.807, 2.05) is 44.2 Å². The number of para-hydroxylation sites is 2. The van der Waals surface area contributed by atoms with Crippen molar-refractivity contribution in [3.8, 4) is 0 Å². The van der Waals surface area contributed by atoms with Crippen molar-refractivity contribution in [2.75, 3.05) is 39.7 Å². The molecule has 1 fully saturated rings. The Morgan fingerprint density at radius 1 is 1.19 bits per heavy atom. The number of nitrogen functional groups attached to an aromatic ring is 1. The van der Waals surface area contributed by atoms with Crippen LogP contribution in [0.5, 0.6) is 0 Å². The number of hydrogen-bond acceptors (Lipinski definition) is 7. The number of anilines is 5. The molecule has 142 valence electrons. The average Bonchev–Trinajstić information content (AvgIpc) is 2.62. The number of rotatable bonds is 3. The molecule has 1 aromatic carbocycles. The molecule has 27 heavy (non-hydrogen) atoms. The summed E-state index contributed by atoms with van der Waals surface area (Å²) in [6.07, 6.45) is 1.37. The van der Waals surface area contributed by atoms with Crippen LogP contribution in [-0.2, 0) is 4.79 Å². The second kappa shape index (κ2) is 6.61. The lowest BCUT2D eigenvalue weighted by Crippen LogP contribution is -2.58. The summed E-state index contributed by atoms with van der Waals surface area (Å²) >= 11 is 0. The molecular weight excluding hydrogens is 342 g/mol. The van der Waals surface area contributed by atoms with Crippen LogP contribution < -0.4 is 26.6 Å². The largest absolute Gasteiger partial charge is 0.369 e. The lowest BCUT2D eigenvalue weighted by Gasteiger charge is -2.44. The monoisotopic (exact) mass is 367 g/mol. The fourth-order valence-electron chi connectivity index (χ4n) is 3.71. The van der Waals surface area contributed by atoms with Gasteiger partial charge < -0.3 is 26.6 Å². The number of carbonyl (C=O) groups is 1. The van der Waals surface area contributed by atoms with Gasteiger partial charge in [-0.2, -0.15) is 9.97 Å². The van der Waals surface area contributed by atoms with Gasteiger partial charge in [0.05, 0.1) is 11.4 Å². The lowest BCUT2D eigenvalue weighted by molar-refractivity contribution is -0.121. The summed E-state index contributed by atoms with van der Waals surface area (Å²) in [5.41, 5.74) is 7.12. The van der Waals surface area contributed by atoms with Crippen LogP contribution in [0, 0.1) is 0 Å². The number of nitrogens with zero attached hydrogens (tertiary/aromatic N) is 3. The highest BCUT2D eigenvalue weighted by molar-refractivity contribution is 6.06. The van der Waals surface area contributed by atoms with Gasteiger partial charge in [-0.25, -0.2) is 0 Å². The zero-order chi connectivity index (χ0) is 19.0. The molecule has 5 N–H and O–H groups in total. The van der Waals surface area contributed by atoms with Crippen LogP contribution >= 0.6 is 0 Å². The van der Waals surface area contributed by atoms with Gasteiger partial charge in [-0.1, -0.05) is 12.1 Å². The molecule has 0 atom stereocenters. The number of piperidine rings is 1. The number of nitrogens with one attached hydrogen (secondary N) is 3. The Kier molecular flexibility index (Phi) is 4.25. The number of nitrogens with two attached hydrogens (primary N) is 1. The molecule has 0 aliphatic carbocycles. The van der Waals surface area contributed by atoms with Gasteiger partial charge in [-0.3, -0.25) is 4.79 Å². The van der Waals surface area contributed by atoms with Crippen LogP contribution in [0.2, 0.25) is 0 Å². The molecule has 3 heterocycles. The molecule has 1 amide bonds.